The van der Waals surface area contributed by atoms with E-state index in [9.17, 15) is 8.42 Å². The first-order valence-electron chi connectivity index (χ1n) is 4.99. The maximum atomic E-state index is 11.9. The SMILES string of the molecule is CNCCNS(=O)(=O)c1ccc(OC)c(Br)c1.Cl. The Morgan fingerprint density at radius 1 is 1.33 bits per heavy atom. The molecule has 0 atom stereocenters. The maximum Gasteiger partial charge on any atom is 0.240 e. The average Bonchev–Trinajstić information content (AvgIpc) is 2.29. The molecule has 0 aliphatic rings. The van der Waals surface area contributed by atoms with Gasteiger partial charge in [-0.3, -0.25) is 0 Å². The minimum Gasteiger partial charge on any atom is -0.496 e. The maximum absolute atomic E-state index is 11.9. The number of rotatable bonds is 6. The average molecular weight is 360 g/mol. The van der Waals surface area contributed by atoms with Crippen LogP contribution in [0.25, 0.3) is 0 Å². The van der Waals surface area contributed by atoms with Gasteiger partial charge in [0.05, 0.1) is 16.5 Å². The van der Waals surface area contributed by atoms with Gasteiger partial charge < -0.3 is 10.1 Å². The molecule has 0 saturated heterocycles. The first-order valence-corrected chi connectivity index (χ1v) is 7.26. The molecule has 0 bridgehead atoms. The zero-order valence-corrected chi connectivity index (χ0v) is 13.3. The summed E-state index contributed by atoms with van der Waals surface area (Å²) in [6, 6.07) is 4.63. The number of likely N-dealkylation sites (N-methyl/N-ethyl adjacent to an activating group) is 1. The summed E-state index contributed by atoms with van der Waals surface area (Å²) in [7, 11) is -0.166. The van der Waals surface area contributed by atoms with Crippen molar-refractivity contribution < 1.29 is 13.2 Å². The fourth-order valence-electron chi connectivity index (χ4n) is 1.21. The molecule has 18 heavy (non-hydrogen) atoms. The Hall–Kier alpha value is -0.340. The van der Waals surface area contributed by atoms with Gasteiger partial charge in [0.2, 0.25) is 10.0 Å². The zero-order valence-electron chi connectivity index (χ0n) is 10.1. The van der Waals surface area contributed by atoms with Crippen molar-refractivity contribution in [2.45, 2.75) is 4.90 Å². The zero-order chi connectivity index (χ0) is 12.9. The van der Waals surface area contributed by atoms with Crippen molar-refractivity contribution in [2.24, 2.45) is 0 Å². The highest BCUT2D eigenvalue weighted by Gasteiger charge is 2.14. The lowest BCUT2D eigenvalue weighted by Gasteiger charge is -2.08. The molecule has 0 aliphatic carbocycles. The molecule has 0 unspecified atom stereocenters. The molecule has 0 radical (unpaired) electrons. The monoisotopic (exact) mass is 358 g/mol. The molecule has 1 rings (SSSR count). The Labute approximate surface area is 122 Å². The second-order valence-electron chi connectivity index (χ2n) is 3.30. The lowest BCUT2D eigenvalue weighted by Crippen LogP contribution is -2.30. The van der Waals surface area contributed by atoms with Crippen molar-refractivity contribution in [3.8, 4) is 5.75 Å². The predicted octanol–water partition coefficient (Wildman–Crippen LogP) is 1.38. The fourth-order valence-corrected chi connectivity index (χ4v) is 2.96. The summed E-state index contributed by atoms with van der Waals surface area (Å²) in [4.78, 5) is 0.210. The van der Waals surface area contributed by atoms with E-state index in [1.165, 1.54) is 19.2 Å². The van der Waals surface area contributed by atoms with Crippen LogP contribution in [-0.4, -0.2) is 35.7 Å². The third-order valence-electron chi connectivity index (χ3n) is 2.10. The van der Waals surface area contributed by atoms with Crippen molar-refractivity contribution >= 4 is 38.4 Å². The molecule has 0 aromatic heterocycles. The van der Waals surface area contributed by atoms with E-state index in [1.54, 1.807) is 13.1 Å². The van der Waals surface area contributed by atoms with Gasteiger partial charge in [0, 0.05) is 13.1 Å². The smallest absolute Gasteiger partial charge is 0.240 e. The van der Waals surface area contributed by atoms with Crippen molar-refractivity contribution in [3.05, 3.63) is 22.7 Å². The van der Waals surface area contributed by atoms with Crippen LogP contribution in [0, 0.1) is 0 Å². The Morgan fingerprint density at radius 2 is 2.00 bits per heavy atom. The van der Waals surface area contributed by atoms with Crippen LogP contribution in [0.5, 0.6) is 5.75 Å². The molecule has 0 amide bonds. The second-order valence-corrected chi connectivity index (χ2v) is 5.92. The Balaban J connectivity index is 0.00000289. The highest BCUT2D eigenvalue weighted by Crippen LogP contribution is 2.27. The number of hydrogen-bond donors (Lipinski definition) is 2. The molecular formula is C10H16BrClN2O3S. The number of ether oxygens (including phenoxy) is 1. The van der Waals surface area contributed by atoms with E-state index < -0.39 is 10.0 Å². The number of sulfonamides is 1. The Morgan fingerprint density at radius 3 is 2.50 bits per heavy atom. The summed E-state index contributed by atoms with van der Waals surface area (Å²) >= 11 is 3.25. The number of nitrogens with one attached hydrogen (secondary N) is 2. The van der Waals surface area contributed by atoms with E-state index >= 15 is 0 Å². The number of methoxy groups -OCH3 is 1. The first kappa shape index (κ1) is 17.7. The summed E-state index contributed by atoms with van der Waals surface area (Å²) in [5, 5.41) is 2.87. The number of benzene rings is 1. The van der Waals surface area contributed by atoms with E-state index in [1.807, 2.05) is 0 Å². The van der Waals surface area contributed by atoms with E-state index in [0.717, 1.165) is 0 Å². The molecule has 0 heterocycles. The van der Waals surface area contributed by atoms with Gasteiger partial charge in [-0.1, -0.05) is 0 Å². The van der Waals surface area contributed by atoms with Gasteiger partial charge >= 0.3 is 0 Å². The van der Waals surface area contributed by atoms with E-state index in [4.69, 9.17) is 4.74 Å². The molecule has 1 aromatic rings. The third-order valence-corrected chi connectivity index (χ3v) is 4.18. The molecule has 1 aromatic carbocycles. The number of hydrogen-bond acceptors (Lipinski definition) is 4. The normalized spacial score (nSPS) is 10.8. The summed E-state index contributed by atoms with van der Waals surface area (Å²) in [6.45, 7) is 0.930. The highest BCUT2D eigenvalue weighted by atomic mass is 79.9. The van der Waals surface area contributed by atoms with E-state index in [2.05, 4.69) is 26.0 Å². The summed E-state index contributed by atoms with van der Waals surface area (Å²) in [5.74, 6) is 0.596. The Kier molecular flexibility index (Phi) is 7.81. The summed E-state index contributed by atoms with van der Waals surface area (Å²) in [6.07, 6.45) is 0. The quantitative estimate of drug-likeness (QED) is 0.753. The fraction of sp³-hybridized carbons (Fsp3) is 0.400. The Bertz CT molecular complexity index is 482. The van der Waals surface area contributed by atoms with Gasteiger partial charge in [0.25, 0.3) is 0 Å². The molecule has 8 heteroatoms. The van der Waals surface area contributed by atoms with Crippen LogP contribution in [0.2, 0.25) is 0 Å². The van der Waals surface area contributed by atoms with E-state index in [-0.39, 0.29) is 17.3 Å². The molecule has 0 aliphatic heterocycles. The van der Waals surface area contributed by atoms with Gasteiger partial charge in [-0.2, -0.15) is 0 Å². The molecular weight excluding hydrogens is 344 g/mol. The molecule has 0 saturated carbocycles. The van der Waals surface area contributed by atoms with Crippen LogP contribution in [-0.2, 0) is 10.0 Å². The van der Waals surface area contributed by atoms with Crippen molar-refractivity contribution in [3.63, 3.8) is 0 Å². The molecule has 5 nitrogen and oxygen atoms in total. The van der Waals surface area contributed by atoms with Gasteiger partial charge in [-0.15, -0.1) is 12.4 Å². The minimum atomic E-state index is -3.46. The number of halogens is 2. The van der Waals surface area contributed by atoms with Crippen LogP contribution in [0.4, 0.5) is 0 Å². The van der Waals surface area contributed by atoms with Crippen LogP contribution >= 0.6 is 28.3 Å². The molecule has 104 valence electrons. The van der Waals surface area contributed by atoms with Crippen molar-refractivity contribution in [2.75, 3.05) is 27.2 Å². The van der Waals surface area contributed by atoms with Crippen molar-refractivity contribution in [1.82, 2.24) is 10.0 Å². The third kappa shape index (κ3) is 4.74. The molecule has 0 fully saturated rings. The summed E-state index contributed by atoms with van der Waals surface area (Å²) < 4.78 is 31.9. The summed E-state index contributed by atoms with van der Waals surface area (Å²) in [5.41, 5.74) is 0. The van der Waals surface area contributed by atoms with Crippen LogP contribution < -0.4 is 14.8 Å². The second kappa shape index (κ2) is 7.96. The van der Waals surface area contributed by atoms with Gasteiger partial charge in [-0.25, -0.2) is 13.1 Å². The van der Waals surface area contributed by atoms with Gasteiger partial charge in [0.15, 0.2) is 0 Å². The van der Waals surface area contributed by atoms with Crippen LogP contribution in [0.3, 0.4) is 0 Å². The highest BCUT2D eigenvalue weighted by molar-refractivity contribution is 9.10. The largest absolute Gasteiger partial charge is 0.496 e. The predicted molar refractivity (Wildman–Crippen MR) is 77.1 cm³/mol. The lowest BCUT2D eigenvalue weighted by molar-refractivity contribution is 0.411. The minimum absolute atomic E-state index is 0. The van der Waals surface area contributed by atoms with Crippen LogP contribution in [0.1, 0.15) is 0 Å². The molecule has 0 spiro atoms. The van der Waals surface area contributed by atoms with Gasteiger partial charge in [-0.05, 0) is 41.2 Å². The van der Waals surface area contributed by atoms with Gasteiger partial charge in [0.1, 0.15) is 5.75 Å². The first-order chi connectivity index (χ1) is 8.01. The van der Waals surface area contributed by atoms with E-state index in [0.29, 0.717) is 23.3 Å². The molecule has 2 N–H and O–H groups in total. The lowest BCUT2D eigenvalue weighted by atomic mass is 10.3. The van der Waals surface area contributed by atoms with Crippen LogP contribution in [0.15, 0.2) is 27.6 Å². The topological polar surface area (TPSA) is 67.4 Å². The standard InChI is InChI=1S/C10H15BrN2O3S.ClH/c1-12-5-6-13-17(14,15)8-3-4-10(16-2)9(11)7-8;/h3-4,7,12-13H,5-6H2,1-2H3;1H. The van der Waals surface area contributed by atoms with Crippen molar-refractivity contribution in [1.29, 1.82) is 0 Å².